The summed E-state index contributed by atoms with van der Waals surface area (Å²) in [5, 5.41) is 2.65. The molecule has 0 atom stereocenters. The Labute approximate surface area is 175 Å². The lowest BCUT2D eigenvalue weighted by Gasteiger charge is -2.34. The van der Waals surface area contributed by atoms with Crippen molar-refractivity contribution in [1.82, 2.24) is 24.3 Å². The molecule has 4 rings (SSSR count). The number of aromatic nitrogens is 3. The van der Waals surface area contributed by atoms with Crippen LogP contribution in [0.15, 0.2) is 42.6 Å². The smallest absolute Gasteiger partial charge is 0.322 e. The third-order valence-electron chi connectivity index (χ3n) is 5.13. The summed E-state index contributed by atoms with van der Waals surface area (Å²) in [5.74, 6) is -1.41. The van der Waals surface area contributed by atoms with Gasteiger partial charge in [0.15, 0.2) is 5.65 Å². The lowest BCUT2D eigenvalue weighted by molar-refractivity contribution is -0.147. The maximum absolute atomic E-state index is 13.4. The van der Waals surface area contributed by atoms with Crippen LogP contribution in [-0.4, -0.2) is 63.1 Å². The maximum Gasteiger partial charge on any atom is 0.449 e. The minimum Gasteiger partial charge on any atom is -0.322 e. The van der Waals surface area contributed by atoms with Crippen molar-refractivity contribution in [2.45, 2.75) is 12.7 Å². The lowest BCUT2D eigenvalue weighted by Crippen LogP contribution is -2.50. The minimum atomic E-state index is -4.58. The average Bonchev–Trinajstić information content (AvgIpc) is 3.12. The highest BCUT2D eigenvalue weighted by atomic mass is 19.4. The third kappa shape index (κ3) is 4.76. The summed E-state index contributed by atoms with van der Waals surface area (Å²) in [4.78, 5) is 23.7. The number of piperazine rings is 1. The normalized spacial score (nSPS) is 15.4. The van der Waals surface area contributed by atoms with Crippen LogP contribution >= 0.6 is 0 Å². The van der Waals surface area contributed by atoms with Gasteiger partial charge in [-0.25, -0.2) is 19.2 Å². The fourth-order valence-electron chi connectivity index (χ4n) is 3.57. The van der Waals surface area contributed by atoms with E-state index >= 15 is 0 Å². The van der Waals surface area contributed by atoms with Gasteiger partial charge in [-0.15, -0.1) is 0 Å². The summed E-state index contributed by atoms with van der Waals surface area (Å²) in [7, 11) is 0. The maximum atomic E-state index is 13.4. The molecule has 0 aliphatic carbocycles. The van der Waals surface area contributed by atoms with Crippen molar-refractivity contribution in [2.75, 3.05) is 38.0 Å². The van der Waals surface area contributed by atoms with Crippen LogP contribution in [0.5, 0.6) is 0 Å². The quantitative estimate of drug-likeness (QED) is 0.637. The SMILES string of the molecule is O=C(Nc1cccc(F)c1)N1CCN(CCn2c(C(F)(F)F)nc3cccnc32)CC1. The predicted octanol–water partition coefficient (Wildman–Crippen LogP) is 3.44. The van der Waals surface area contributed by atoms with E-state index in [1.165, 1.54) is 30.5 Å². The van der Waals surface area contributed by atoms with Crippen molar-refractivity contribution < 1.29 is 22.4 Å². The number of amides is 2. The zero-order valence-corrected chi connectivity index (χ0v) is 16.4. The van der Waals surface area contributed by atoms with Crippen LogP contribution in [0.1, 0.15) is 5.82 Å². The Morgan fingerprint density at radius 2 is 1.84 bits per heavy atom. The predicted molar refractivity (Wildman–Crippen MR) is 106 cm³/mol. The molecule has 1 saturated heterocycles. The van der Waals surface area contributed by atoms with E-state index in [0.717, 1.165) is 4.57 Å². The largest absolute Gasteiger partial charge is 0.449 e. The van der Waals surface area contributed by atoms with Crippen LogP contribution in [0.4, 0.5) is 28.0 Å². The van der Waals surface area contributed by atoms with Crippen molar-refractivity contribution >= 4 is 22.9 Å². The molecule has 0 bridgehead atoms. The van der Waals surface area contributed by atoms with Gasteiger partial charge in [0.1, 0.15) is 11.3 Å². The van der Waals surface area contributed by atoms with Gasteiger partial charge < -0.3 is 14.8 Å². The highest BCUT2D eigenvalue weighted by Crippen LogP contribution is 2.30. The van der Waals surface area contributed by atoms with Crippen molar-refractivity contribution in [3.8, 4) is 0 Å². The highest BCUT2D eigenvalue weighted by Gasteiger charge is 2.38. The Bertz CT molecular complexity index is 1070. The van der Waals surface area contributed by atoms with Crippen molar-refractivity contribution in [2.24, 2.45) is 0 Å². The third-order valence-corrected chi connectivity index (χ3v) is 5.13. The van der Waals surface area contributed by atoms with E-state index in [9.17, 15) is 22.4 Å². The molecule has 3 aromatic rings. The Morgan fingerprint density at radius 3 is 2.55 bits per heavy atom. The van der Waals surface area contributed by atoms with Gasteiger partial charge in [0.05, 0.1) is 0 Å². The van der Waals surface area contributed by atoms with Gasteiger partial charge in [0, 0.05) is 51.2 Å². The molecule has 164 valence electrons. The molecule has 1 aromatic carbocycles. The van der Waals surface area contributed by atoms with E-state index in [-0.39, 0.29) is 23.7 Å². The number of hydrogen-bond donors (Lipinski definition) is 1. The zero-order valence-electron chi connectivity index (χ0n) is 16.4. The Balaban J connectivity index is 1.35. The molecule has 0 saturated carbocycles. The Kier molecular flexibility index (Phi) is 5.77. The first-order valence-corrected chi connectivity index (χ1v) is 9.73. The molecule has 11 heteroatoms. The molecular weight excluding hydrogens is 416 g/mol. The Hall–Kier alpha value is -3.21. The van der Waals surface area contributed by atoms with Crippen molar-refractivity contribution in [1.29, 1.82) is 0 Å². The van der Waals surface area contributed by atoms with Gasteiger partial charge in [0.25, 0.3) is 0 Å². The number of anilines is 1. The second-order valence-corrected chi connectivity index (χ2v) is 7.20. The van der Waals surface area contributed by atoms with Crippen LogP contribution in [0, 0.1) is 5.82 Å². The number of nitrogens with one attached hydrogen (secondary N) is 1. The van der Waals surface area contributed by atoms with Gasteiger partial charge in [-0.05, 0) is 30.3 Å². The molecule has 0 unspecified atom stereocenters. The number of fused-ring (bicyclic) bond motifs is 1. The molecule has 1 fully saturated rings. The van der Waals surface area contributed by atoms with E-state index in [1.54, 1.807) is 17.0 Å². The van der Waals surface area contributed by atoms with E-state index in [2.05, 4.69) is 15.3 Å². The molecule has 31 heavy (non-hydrogen) atoms. The number of pyridine rings is 1. The van der Waals surface area contributed by atoms with E-state index in [1.807, 2.05) is 4.90 Å². The van der Waals surface area contributed by atoms with Crippen LogP contribution in [-0.2, 0) is 12.7 Å². The molecule has 1 aliphatic heterocycles. The number of rotatable bonds is 4. The molecule has 1 N–H and O–H groups in total. The first-order chi connectivity index (χ1) is 14.8. The molecule has 1 aliphatic rings. The highest BCUT2D eigenvalue weighted by molar-refractivity contribution is 5.89. The zero-order chi connectivity index (χ0) is 22.0. The summed E-state index contributed by atoms with van der Waals surface area (Å²) in [6, 6.07) is 8.34. The van der Waals surface area contributed by atoms with Gasteiger partial charge in [-0.1, -0.05) is 6.07 Å². The first-order valence-electron chi connectivity index (χ1n) is 9.73. The average molecular weight is 436 g/mol. The number of nitrogens with zero attached hydrogens (tertiary/aromatic N) is 5. The lowest BCUT2D eigenvalue weighted by atomic mass is 10.3. The summed E-state index contributed by atoms with van der Waals surface area (Å²) in [6.45, 7) is 2.30. The second-order valence-electron chi connectivity index (χ2n) is 7.20. The number of carbonyl (C=O) groups excluding carboxylic acids is 1. The van der Waals surface area contributed by atoms with E-state index in [4.69, 9.17) is 0 Å². The topological polar surface area (TPSA) is 66.3 Å². The monoisotopic (exact) mass is 436 g/mol. The van der Waals surface area contributed by atoms with Gasteiger partial charge in [-0.3, -0.25) is 4.90 Å². The minimum absolute atomic E-state index is 0.0812. The fourth-order valence-corrected chi connectivity index (χ4v) is 3.57. The molecule has 2 amide bonds. The summed E-state index contributed by atoms with van der Waals surface area (Å²) in [6.07, 6.45) is -3.13. The second kappa shape index (κ2) is 8.50. The number of urea groups is 1. The van der Waals surface area contributed by atoms with Crippen LogP contribution in [0.25, 0.3) is 11.2 Å². The molecule has 7 nitrogen and oxygen atoms in total. The number of alkyl halides is 3. The number of carbonyl (C=O) groups is 1. The molecule has 0 spiro atoms. The van der Waals surface area contributed by atoms with E-state index in [0.29, 0.717) is 38.4 Å². The van der Waals surface area contributed by atoms with Crippen LogP contribution in [0.3, 0.4) is 0 Å². The number of hydrogen-bond acceptors (Lipinski definition) is 4. The van der Waals surface area contributed by atoms with Gasteiger partial charge >= 0.3 is 12.2 Å². The van der Waals surface area contributed by atoms with Crippen LogP contribution in [0.2, 0.25) is 0 Å². The molecule has 3 heterocycles. The summed E-state index contributed by atoms with van der Waals surface area (Å²) in [5.41, 5.74) is 0.767. The molecule has 2 aromatic heterocycles. The summed E-state index contributed by atoms with van der Waals surface area (Å²) >= 11 is 0. The van der Waals surface area contributed by atoms with E-state index < -0.39 is 17.8 Å². The van der Waals surface area contributed by atoms with Crippen LogP contribution < -0.4 is 5.32 Å². The standard InChI is InChI=1S/C20H20F4N6O/c21-14-3-1-4-15(13-14)26-19(31)29-10-7-28(8-11-29)9-12-30-17-16(5-2-6-25-17)27-18(30)20(22,23)24/h1-6,13H,7-12H2,(H,26,31). The number of imidazole rings is 1. The summed E-state index contributed by atoms with van der Waals surface area (Å²) < 4.78 is 54.5. The molecule has 0 radical (unpaired) electrons. The van der Waals surface area contributed by atoms with Crippen molar-refractivity contribution in [3.05, 3.63) is 54.2 Å². The number of halogens is 4. The molecular formula is C20H20F4N6O. The number of benzene rings is 1. The van der Waals surface area contributed by atoms with Gasteiger partial charge in [-0.2, -0.15) is 13.2 Å². The first kappa shape index (κ1) is 21.0. The van der Waals surface area contributed by atoms with Gasteiger partial charge in [0.2, 0.25) is 5.82 Å². The van der Waals surface area contributed by atoms with Crippen molar-refractivity contribution in [3.63, 3.8) is 0 Å². The fraction of sp³-hybridized carbons (Fsp3) is 0.350. The Morgan fingerprint density at radius 1 is 1.06 bits per heavy atom.